The van der Waals surface area contributed by atoms with Gasteiger partial charge < -0.3 is 15.3 Å². The topological polar surface area (TPSA) is 102 Å². The Kier molecular flexibility index (Phi) is 3.67. The first-order valence-electron chi connectivity index (χ1n) is 9.31. The van der Waals surface area contributed by atoms with Crippen molar-refractivity contribution in [1.29, 1.82) is 0 Å². The van der Waals surface area contributed by atoms with Crippen LogP contribution in [0.15, 0.2) is 37.1 Å². The molecule has 0 spiro atoms. The van der Waals surface area contributed by atoms with E-state index in [0.29, 0.717) is 22.6 Å². The van der Waals surface area contributed by atoms with Crippen LogP contribution in [0.2, 0.25) is 0 Å². The summed E-state index contributed by atoms with van der Waals surface area (Å²) in [6.07, 6.45) is 11.4. The molecule has 0 aliphatic heterocycles. The number of imidazole rings is 2. The second kappa shape index (κ2) is 6.19. The number of H-pyrrole nitrogens is 1. The molecule has 1 fully saturated rings. The van der Waals surface area contributed by atoms with Crippen LogP contribution in [0.1, 0.15) is 48.5 Å². The van der Waals surface area contributed by atoms with Crippen molar-refractivity contribution in [2.45, 2.75) is 38.1 Å². The van der Waals surface area contributed by atoms with Gasteiger partial charge in [-0.2, -0.15) is 0 Å². The SMILES string of the molecule is NC(=O)c1cnc(-c2ccc3c(c2)ncn3C2CCCCC2)c2[nH]cnc12. The minimum absolute atomic E-state index is 0.317. The van der Waals surface area contributed by atoms with Gasteiger partial charge in [-0.05, 0) is 25.0 Å². The van der Waals surface area contributed by atoms with Gasteiger partial charge in [-0.3, -0.25) is 9.78 Å². The number of carbonyl (C=O) groups is 1. The van der Waals surface area contributed by atoms with Crippen molar-refractivity contribution < 1.29 is 4.79 Å². The van der Waals surface area contributed by atoms with E-state index >= 15 is 0 Å². The molecule has 5 rings (SSSR count). The van der Waals surface area contributed by atoms with E-state index < -0.39 is 5.91 Å². The highest BCUT2D eigenvalue weighted by molar-refractivity contribution is 6.06. The van der Waals surface area contributed by atoms with Crippen molar-refractivity contribution in [1.82, 2.24) is 24.5 Å². The highest BCUT2D eigenvalue weighted by atomic mass is 16.1. The van der Waals surface area contributed by atoms with Crippen molar-refractivity contribution in [2.24, 2.45) is 5.73 Å². The number of aromatic nitrogens is 5. The van der Waals surface area contributed by atoms with E-state index in [0.717, 1.165) is 22.3 Å². The minimum atomic E-state index is -0.534. The van der Waals surface area contributed by atoms with Gasteiger partial charge in [0.15, 0.2) is 0 Å². The number of fused-ring (bicyclic) bond motifs is 2. The Labute approximate surface area is 155 Å². The Balaban J connectivity index is 1.60. The van der Waals surface area contributed by atoms with E-state index in [1.54, 1.807) is 6.33 Å². The number of primary amides is 1. The van der Waals surface area contributed by atoms with Gasteiger partial charge in [-0.25, -0.2) is 9.97 Å². The predicted molar refractivity (Wildman–Crippen MR) is 103 cm³/mol. The molecule has 0 saturated heterocycles. The van der Waals surface area contributed by atoms with Gasteiger partial charge in [0.1, 0.15) is 5.52 Å². The molecule has 27 heavy (non-hydrogen) atoms. The summed E-state index contributed by atoms with van der Waals surface area (Å²) in [5.74, 6) is -0.534. The summed E-state index contributed by atoms with van der Waals surface area (Å²) in [5, 5.41) is 0. The summed E-state index contributed by atoms with van der Waals surface area (Å²) < 4.78 is 2.31. The molecule has 1 saturated carbocycles. The van der Waals surface area contributed by atoms with Crippen molar-refractivity contribution in [3.63, 3.8) is 0 Å². The molecular weight excluding hydrogens is 340 g/mol. The maximum Gasteiger partial charge on any atom is 0.252 e. The number of hydrogen-bond donors (Lipinski definition) is 2. The van der Waals surface area contributed by atoms with Crippen LogP contribution in [0.25, 0.3) is 33.3 Å². The molecule has 1 aliphatic rings. The van der Waals surface area contributed by atoms with Gasteiger partial charge in [0, 0.05) is 17.8 Å². The van der Waals surface area contributed by atoms with Gasteiger partial charge >= 0.3 is 0 Å². The quantitative estimate of drug-likeness (QED) is 0.583. The molecule has 1 amide bonds. The molecule has 3 heterocycles. The fraction of sp³-hybridized carbons (Fsp3) is 0.300. The molecule has 0 radical (unpaired) electrons. The van der Waals surface area contributed by atoms with Crippen LogP contribution < -0.4 is 5.73 Å². The maximum atomic E-state index is 11.6. The number of carbonyl (C=O) groups excluding carboxylic acids is 1. The second-order valence-corrected chi connectivity index (χ2v) is 7.16. The van der Waals surface area contributed by atoms with Gasteiger partial charge in [-0.15, -0.1) is 0 Å². The lowest BCUT2D eigenvalue weighted by atomic mass is 9.95. The van der Waals surface area contributed by atoms with E-state index in [1.807, 2.05) is 12.4 Å². The average Bonchev–Trinajstić information content (AvgIpc) is 3.34. The van der Waals surface area contributed by atoms with Crippen molar-refractivity contribution in [2.75, 3.05) is 0 Å². The number of pyridine rings is 1. The third kappa shape index (κ3) is 2.58. The highest BCUT2D eigenvalue weighted by Crippen LogP contribution is 2.33. The standard InChI is InChI=1S/C20H20N6O/c21-20(27)14-9-22-17(19-18(14)23-10-24-19)12-6-7-16-15(8-12)25-11-26(16)13-4-2-1-3-5-13/h6-11,13H,1-5H2,(H2,21,27)(H,23,24). The van der Waals surface area contributed by atoms with Crippen LogP contribution in [0.5, 0.6) is 0 Å². The summed E-state index contributed by atoms with van der Waals surface area (Å²) >= 11 is 0. The Morgan fingerprint density at radius 2 is 2.00 bits per heavy atom. The Morgan fingerprint density at radius 1 is 1.15 bits per heavy atom. The summed E-state index contributed by atoms with van der Waals surface area (Å²) in [4.78, 5) is 28.0. The molecule has 7 heteroatoms. The van der Waals surface area contributed by atoms with Crippen LogP contribution in [0.3, 0.4) is 0 Å². The second-order valence-electron chi connectivity index (χ2n) is 7.16. The lowest BCUT2D eigenvalue weighted by molar-refractivity contribution is 0.100. The number of nitrogens with zero attached hydrogens (tertiary/aromatic N) is 4. The summed E-state index contributed by atoms with van der Waals surface area (Å²) in [6, 6.07) is 6.75. The third-order valence-corrected chi connectivity index (χ3v) is 5.54. The zero-order valence-electron chi connectivity index (χ0n) is 14.9. The van der Waals surface area contributed by atoms with Gasteiger partial charge in [0.25, 0.3) is 5.91 Å². The van der Waals surface area contributed by atoms with Gasteiger partial charge in [-0.1, -0.05) is 25.3 Å². The van der Waals surface area contributed by atoms with Gasteiger partial charge in [0.05, 0.1) is 40.5 Å². The van der Waals surface area contributed by atoms with Crippen LogP contribution in [-0.2, 0) is 0 Å². The number of benzene rings is 1. The van der Waals surface area contributed by atoms with Crippen LogP contribution in [-0.4, -0.2) is 30.4 Å². The van der Waals surface area contributed by atoms with Gasteiger partial charge in [0.2, 0.25) is 0 Å². The molecule has 0 atom stereocenters. The molecule has 7 nitrogen and oxygen atoms in total. The predicted octanol–water partition coefficient (Wildman–Crippen LogP) is 3.58. The summed E-state index contributed by atoms with van der Waals surface area (Å²) in [6.45, 7) is 0. The fourth-order valence-electron chi connectivity index (χ4n) is 4.16. The van der Waals surface area contributed by atoms with E-state index in [1.165, 1.54) is 38.3 Å². The van der Waals surface area contributed by atoms with Crippen molar-refractivity contribution >= 4 is 28.0 Å². The monoisotopic (exact) mass is 360 g/mol. The normalized spacial score (nSPS) is 15.6. The first-order chi connectivity index (χ1) is 13.2. The summed E-state index contributed by atoms with van der Waals surface area (Å²) in [7, 11) is 0. The fourth-order valence-corrected chi connectivity index (χ4v) is 4.16. The first kappa shape index (κ1) is 16.0. The summed E-state index contributed by atoms with van der Waals surface area (Å²) in [5.41, 5.74) is 10.8. The number of rotatable bonds is 3. The molecule has 3 aromatic heterocycles. The van der Waals surface area contributed by atoms with E-state index in [-0.39, 0.29) is 0 Å². The highest BCUT2D eigenvalue weighted by Gasteiger charge is 2.19. The van der Waals surface area contributed by atoms with Crippen LogP contribution in [0.4, 0.5) is 0 Å². The molecule has 1 aliphatic carbocycles. The molecular formula is C20H20N6O. The number of amides is 1. The number of hydrogen-bond acceptors (Lipinski definition) is 4. The Bertz CT molecular complexity index is 1150. The first-order valence-corrected chi connectivity index (χ1v) is 9.31. The van der Waals surface area contributed by atoms with E-state index in [4.69, 9.17) is 5.73 Å². The average molecular weight is 360 g/mol. The zero-order chi connectivity index (χ0) is 18.4. The van der Waals surface area contributed by atoms with Crippen LogP contribution in [0, 0.1) is 0 Å². The smallest absolute Gasteiger partial charge is 0.252 e. The molecule has 1 aromatic carbocycles. The molecule has 0 unspecified atom stereocenters. The molecule has 4 aromatic rings. The van der Waals surface area contributed by atoms with E-state index in [2.05, 4.69) is 36.6 Å². The number of aromatic amines is 1. The third-order valence-electron chi connectivity index (χ3n) is 5.54. The van der Waals surface area contributed by atoms with Crippen molar-refractivity contribution in [3.8, 4) is 11.3 Å². The largest absolute Gasteiger partial charge is 0.365 e. The Morgan fingerprint density at radius 3 is 2.81 bits per heavy atom. The maximum absolute atomic E-state index is 11.6. The van der Waals surface area contributed by atoms with E-state index in [9.17, 15) is 4.79 Å². The lowest BCUT2D eigenvalue weighted by Gasteiger charge is -2.23. The number of nitrogens with one attached hydrogen (secondary N) is 1. The van der Waals surface area contributed by atoms with Crippen molar-refractivity contribution in [3.05, 3.63) is 42.6 Å². The zero-order valence-corrected chi connectivity index (χ0v) is 14.9. The molecule has 3 N–H and O–H groups in total. The number of nitrogens with two attached hydrogens (primary N) is 1. The minimum Gasteiger partial charge on any atom is -0.365 e. The van der Waals surface area contributed by atoms with Crippen LogP contribution >= 0.6 is 0 Å². The lowest BCUT2D eigenvalue weighted by Crippen LogP contribution is -2.12. The molecule has 136 valence electrons. The molecule has 0 bridgehead atoms. The Hall–Kier alpha value is -3.22.